The first-order chi connectivity index (χ1) is 11.5. The van der Waals surface area contributed by atoms with Gasteiger partial charge >= 0.3 is 6.18 Å². The molecule has 10 heteroatoms. The van der Waals surface area contributed by atoms with Gasteiger partial charge in [-0.3, -0.25) is 4.99 Å². The molecule has 2 heterocycles. The molecule has 0 unspecified atom stereocenters. The van der Waals surface area contributed by atoms with Crippen LogP contribution in [0.25, 0.3) is 0 Å². The number of rotatable bonds is 6. The Kier molecular flexibility index (Phi) is 8.97. The van der Waals surface area contributed by atoms with Crippen LogP contribution in [-0.4, -0.2) is 30.8 Å². The molecule has 0 atom stereocenters. The molecule has 0 saturated carbocycles. The van der Waals surface area contributed by atoms with Crippen molar-refractivity contribution in [2.75, 3.05) is 13.7 Å². The fraction of sp³-hybridized carbons (Fsp3) is 0.333. The van der Waals surface area contributed by atoms with Gasteiger partial charge in [0.1, 0.15) is 0 Å². The number of thiophene rings is 1. The molecular weight excluding hydrogens is 468 g/mol. The van der Waals surface area contributed by atoms with Crippen molar-refractivity contribution in [3.8, 4) is 5.88 Å². The lowest BCUT2D eigenvalue weighted by molar-refractivity contribution is -0.154. The molecule has 0 spiro atoms. The third kappa shape index (κ3) is 8.38. The van der Waals surface area contributed by atoms with Crippen molar-refractivity contribution < 1.29 is 17.9 Å². The number of aromatic nitrogens is 1. The Morgan fingerprint density at radius 2 is 1.96 bits per heavy atom. The minimum absolute atomic E-state index is 0. The number of pyridine rings is 1. The van der Waals surface area contributed by atoms with Gasteiger partial charge < -0.3 is 15.4 Å². The number of nitrogens with zero attached hydrogens (tertiary/aromatic N) is 2. The molecule has 2 rings (SSSR count). The lowest BCUT2D eigenvalue weighted by Gasteiger charge is -2.12. The first-order valence-corrected chi connectivity index (χ1v) is 8.00. The van der Waals surface area contributed by atoms with Crippen LogP contribution in [0.4, 0.5) is 13.2 Å². The average Bonchev–Trinajstić information content (AvgIpc) is 3.06. The van der Waals surface area contributed by atoms with Gasteiger partial charge in [0.25, 0.3) is 0 Å². The number of ether oxygens (including phenoxy) is 1. The van der Waals surface area contributed by atoms with Gasteiger partial charge in [-0.05, 0) is 34.0 Å². The number of nitrogens with one attached hydrogen (secondary N) is 2. The van der Waals surface area contributed by atoms with E-state index in [0.717, 1.165) is 11.1 Å². The molecule has 2 aromatic heterocycles. The zero-order valence-electron chi connectivity index (χ0n) is 13.3. The van der Waals surface area contributed by atoms with Crippen LogP contribution in [0.5, 0.6) is 5.88 Å². The maximum atomic E-state index is 12.2. The first kappa shape index (κ1) is 21.5. The predicted octanol–water partition coefficient (Wildman–Crippen LogP) is 3.57. The summed E-state index contributed by atoms with van der Waals surface area (Å²) in [7, 11) is 1.65. The van der Waals surface area contributed by atoms with Crippen LogP contribution in [0.3, 0.4) is 0 Å². The molecule has 138 valence electrons. The maximum Gasteiger partial charge on any atom is 0.422 e. The second-order valence-electron chi connectivity index (χ2n) is 4.82. The predicted molar refractivity (Wildman–Crippen MR) is 103 cm³/mol. The highest BCUT2D eigenvalue weighted by molar-refractivity contribution is 14.0. The van der Waals surface area contributed by atoms with E-state index < -0.39 is 12.8 Å². The van der Waals surface area contributed by atoms with E-state index in [0.29, 0.717) is 19.0 Å². The molecule has 0 aliphatic rings. The van der Waals surface area contributed by atoms with E-state index in [1.54, 1.807) is 24.5 Å². The van der Waals surface area contributed by atoms with Gasteiger partial charge in [-0.2, -0.15) is 24.5 Å². The van der Waals surface area contributed by atoms with Crippen LogP contribution in [0.1, 0.15) is 11.1 Å². The fourth-order valence-electron chi connectivity index (χ4n) is 1.78. The second-order valence-corrected chi connectivity index (χ2v) is 5.60. The van der Waals surface area contributed by atoms with Crippen molar-refractivity contribution in [1.29, 1.82) is 0 Å². The van der Waals surface area contributed by atoms with Crippen molar-refractivity contribution in [2.45, 2.75) is 19.3 Å². The van der Waals surface area contributed by atoms with Crippen LogP contribution < -0.4 is 15.4 Å². The van der Waals surface area contributed by atoms with E-state index in [9.17, 15) is 13.2 Å². The highest BCUT2D eigenvalue weighted by Crippen LogP contribution is 2.17. The normalized spacial score (nSPS) is 11.6. The quantitative estimate of drug-likeness (QED) is 0.373. The van der Waals surface area contributed by atoms with Crippen molar-refractivity contribution in [1.82, 2.24) is 15.6 Å². The number of hydrogen-bond donors (Lipinski definition) is 2. The smallest absolute Gasteiger partial charge is 0.422 e. The van der Waals surface area contributed by atoms with Gasteiger partial charge in [0.05, 0.1) is 0 Å². The van der Waals surface area contributed by atoms with Gasteiger partial charge in [-0.25, -0.2) is 4.98 Å². The number of guanidine groups is 1. The molecule has 0 aromatic carbocycles. The minimum atomic E-state index is -4.39. The van der Waals surface area contributed by atoms with E-state index in [1.807, 2.05) is 16.8 Å². The van der Waals surface area contributed by atoms with Crippen LogP contribution in [0.15, 0.2) is 40.1 Å². The third-order valence-electron chi connectivity index (χ3n) is 2.91. The Hall–Kier alpha value is -1.56. The van der Waals surface area contributed by atoms with E-state index in [4.69, 9.17) is 0 Å². The average molecular weight is 486 g/mol. The summed E-state index contributed by atoms with van der Waals surface area (Å²) in [6.07, 6.45) is -2.98. The third-order valence-corrected chi connectivity index (χ3v) is 3.64. The summed E-state index contributed by atoms with van der Waals surface area (Å²) < 4.78 is 41.1. The molecular formula is C15H18F3IN4OS. The molecule has 5 nitrogen and oxygen atoms in total. The Balaban J connectivity index is 0.00000312. The Labute approximate surface area is 164 Å². The Bertz CT molecular complexity index is 665. The lowest BCUT2D eigenvalue weighted by Crippen LogP contribution is -2.36. The molecule has 0 aliphatic carbocycles. The van der Waals surface area contributed by atoms with Crippen molar-refractivity contribution in [2.24, 2.45) is 4.99 Å². The standard InChI is InChI=1S/C15H17F3N4OS.HI/c1-19-14(22-8-12-3-5-24-9-12)21-7-11-2-4-20-13(6-11)23-10-15(16,17)18;/h2-6,9H,7-8,10H2,1H3,(H2,19,21,22);1H. The number of alkyl halides is 3. The van der Waals surface area contributed by atoms with Gasteiger partial charge in [0.15, 0.2) is 12.6 Å². The summed E-state index contributed by atoms with van der Waals surface area (Å²) in [4.78, 5) is 7.86. The van der Waals surface area contributed by atoms with E-state index in [2.05, 4.69) is 25.3 Å². The molecule has 0 saturated heterocycles. The van der Waals surface area contributed by atoms with Crippen molar-refractivity contribution in [3.05, 3.63) is 46.3 Å². The molecule has 0 amide bonds. The summed E-state index contributed by atoms with van der Waals surface area (Å²) >= 11 is 1.62. The molecule has 0 radical (unpaired) electrons. The summed E-state index contributed by atoms with van der Waals surface area (Å²) in [6.45, 7) is -0.339. The molecule has 2 N–H and O–H groups in total. The molecule has 0 fully saturated rings. The summed E-state index contributed by atoms with van der Waals surface area (Å²) in [6, 6.07) is 5.17. The lowest BCUT2D eigenvalue weighted by atomic mass is 10.2. The maximum absolute atomic E-state index is 12.2. The second kappa shape index (κ2) is 10.4. The van der Waals surface area contributed by atoms with E-state index in [-0.39, 0.29) is 29.9 Å². The Morgan fingerprint density at radius 3 is 2.56 bits per heavy atom. The van der Waals surface area contributed by atoms with Gasteiger partial charge in [-0.15, -0.1) is 24.0 Å². The summed E-state index contributed by atoms with van der Waals surface area (Å²) in [5.74, 6) is 0.531. The van der Waals surface area contributed by atoms with Crippen molar-refractivity contribution in [3.63, 3.8) is 0 Å². The van der Waals surface area contributed by atoms with Gasteiger partial charge in [0, 0.05) is 32.4 Å². The fourth-order valence-corrected chi connectivity index (χ4v) is 2.45. The molecule has 0 bridgehead atoms. The highest BCUT2D eigenvalue weighted by atomic mass is 127. The first-order valence-electron chi connectivity index (χ1n) is 7.06. The SMILES string of the molecule is CN=C(NCc1ccsc1)NCc1ccnc(OCC(F)(F)F)c1.I. The number of aliphatic imine (C=N–C) groups is 1. The largest absolute Gasteiger partial charge is 0.468 e. The highest BCUT2D eigenvalue weighted by Gasteiger charge is 2.28. The molecule has 2 aromatic rings. The van der Waals surface area contributed by atoms with Crippen LogP contribution in [0.2, 0.25) is 0 Å². The van der Waals surface area contributed by atoms with Gasteiger partial charge in [0.2, 0.25) is 5.88 Å². The molecule has 0 aliphatic heterocycles. The summed E-state index contributed by atoms with van der Waals surface area (Å²) in [5.41, 5.74) is 1.88. The number of halogens is 4. The minimum Gasteiger partial charge on any atom is -0.468 e. The van der Waals surface area contributed by atoms with Crippen LogP contribution in [-0.2, 0) is 13.1 Å². The topological polar surface area (TPSA) is 58.5 Å². The monoisotopic (exact) mass is 486 g/mol. The van der Waals surface area contributed by atoms with Crippen LogP contribution >= 0.6 is 35.3 Å². The molecule has 25 heavy (non-hydrogen) atoms. The Morgan fingerprint density at radius 1 is 1.24 bits per heavy atom. The van der Waals surface area contributed by atoms with Crippen LogP contribution in [0, 0.1) is 0 Å². The number of hydrogen-bond acceptors (Lipinski definition) is 4. The zero-order valence-corrected chi connectivity index (χ0v) is 16.5. The van der Waals surface area contributed by atoms with Gasteiger partial charge in [-0.1, -0.05) is 0 Å². The van der Waals surface area contributed by atoms with Crippen molar-refractivity contribution >= 4 is 41.3 Å². The van der Waals surface area contributed by atoms with E-state index >= 15 is 0 Å². The zero-order chi connectivity index (χ0) is 17.4. The summed E-state index contributed by atoms with van der Waals surface area (Å²) in [5, 5.41) is 10.3. The van der Waals surface area contributed by atoms with E-state index in [1.165, 1.54) is 12.3 Å².